The van der Waals surface area contributed by atoms with Crippen LogP contribution in [0, 0.1) is 0 Å². The van der Waals surface area contributed by atoms with Crippen molar-refractivity contribution in [3.05, 3.63) is 24.3 Å². The lowest BCUT2D eigenvalue weighted by atomic mass is 10.1. The van der Waals surface area contributed by atoms with Crippen LogP contribution in [0.5, 0.6) is 0 Å². The Morgan fingerprint density at radius 1 is 0.583 bits per heavy atom. The van der Waals surface area contributed by atoms with Crippen molar-refractivity contribution in [2.75, 3.05) is 34.9 Å². The Labute approximate surface area is 226 Å². The van der Waals surface area contributed by atoms with Gasteiger partial charge in [-0.2, -0.15) is 5.06 Å². The van der Waals surface area contributed by atoms with Gasteiger partial charge >= 0.3 is 8.80 Å². The molecular formula is C28H57NO4Si3. The lowest BCUT2D eigenvalue weighted by Gasteiger charge is -2.28. The molecular weight excluding hydrogens is 499 g/mol. The first kappa shape index (κ1) is 33.7. The molecule has 0 aromatic heterocycles. The van der Waals surface area contributed by atoms with E-state index in [0.29, 0.717) is 0 Å². The van der Waals surface area contributed by atoms with Crippen LogP contribution in [-0.4, -0.2) is 70.1 Å². The molecule has 8 heteroatoms. The van der Waals surface area contributed by atoms with Crippen LogP contribution < -0.4 is 10.4 Å². The topological polar surface area (TPSA) is 51.2 Å². The maximum Gasteiger partial charge on any atom is 0.500 e. The number of nitrogens with zero attached hydrogens (tertiary/aromatic N) is 1. The molecule has 0 aliphatic carbocycles. The van der Waals surface area contributed by atoms with E-state index in [1.165, 1.54) is 68.5 Å². The molecule has 0 heterocycles. The number of unbranched alkanes of at least 4 members (excludes halogenated alkanes) is 8. The van der Waals surface area contributed by atoms with E-state index in [0.717, 1.165) is 25.4 Å². The molecule has 5 nitrogen and oxygen atoms in total. The molecule has 0 spiro atoms. The Hall–Kier alpha value is -0.329. The van der Waals surface area contributed by atoms with Gasteiger partial charge in [-0.05, 0) is 6.42 Å². The molecule has 36 heavy (non-hydrogen) atoms. The summed E-state index contributed by atoms with van der Waals surface area (Å²) in [6, 6.07) is 13.3. The molecule has 0 atom stereocenters. The molecule has 1 N–H and O–H groups in total. The zero-order valence-corrected chi connectivity index (χ0v) is 27.8. The second kappa shape index (κ2) is 17.3. The number of hydrogen-bond acceptors (Lipinski definition) is 5. The average molecular weight is 556 g/mol. The SMILES string of the molecule is CO[Si](CCC[Si](C)(C)c1ccc([Si](C)(C)CCCCCCCCCCCN(C)O)cc1)(OC)OC. The zero-order valence-electron chi connectivity index (χ0n) is 24.8. The molecule has 0 saturated heterocycles. The second-order valence-electron chi connectivity index (χ2n) is 11.8. The van der Waals surface area contributed by atoms with E-state index in [-0.39, 0.29) is 0 Å². The van der Waals surface area contributed by atoms with Gasteiger partial charge in [-0.3, -0.25) is 0 Å². The molecule has 0 radical (unpaired) electrons. The predicted molar refractivity (Wildman–Crippen MR) is 162 cm³/mol. The summed E-state index contributed by atoms with van der Waals surface area (Å²) in [7, 11) is 1.49. The molecule has 0 saturated carbocycles. The van der Waals surface area contributed by atoms with Gasteiger partial charge in [0.25, 0.3) is 0 Å². The number of hydroxylamine groups is 2. The average Bonchev–Trinajstić information content (AvgIpc) is 2.85. The fraction of sp³-hybridized carbons (Fsp3) is 0.786. The second-order valence-corrected chi connectivity index (χ2v) is 24.6. The van der Waals surface area contributed by atoms with Gasteiger partial charge < -0.3 is 18.5 Å². The van der Waals surface area contributed by atoms with Gasteiger partial charge in [-0.25, -0.2) is 0 Å². The summed E-state index contributed by atoms with van der Waals surface area (Å²) >= 11 is 0. The van der Waals surface area contributed by atoms with Crippen LogP contribution >= 0.6 is 0 Å². The molecule has 1 aromatic carbocycles. The molecule has 0 bridgehead atoms. The highest BCUT2D eigenvalue weighted by atomic mass is 28.4. The third kappa shape index (κ3) is 12.5. The summed E-state index contributed by atoms with van der Waals surface area (Å²) in [4.78, 5) is 0. The van der Waals surface area contributed by atoms with Crippen LogP contribution in [0.1, 0.15) is 64.2 Å². The molecule has 1 rings (SSSR count). The van der Waals surface area contributed by atoms with Crippen molar-refractivity contribution in [2.24, 2.45) is 0 Å². The first-order valence-corrected chi connectivity index (χ1v) is 22.5. The van der Waals surface area contributed by atoms with E-state index >= 15 is 0 Å². The summed E-state index contributed by atoms with van der Waals surface area (Å²) < 4.78 is 16.8. The van der Waals surface area contributed by atoms with E-state index in [2.05, 4.69) is 50.5 Å². The highest BCUT2D eigenvalue weighted by Gasteiger charge is 2.38. The van der Waals surface area contributed by atoms with Crippen LogP contribution in [0.2, 0.25) is 44.3 Å². The third-order valence-corrected chi connectivity index (χ3v) is 17.8. The van der Waals surface area contributed by atoms with Crippen molar-refractivity contribution in [2.45, 2.75) is 109 Å². The number of hydrogen-bond donors (Lipinski definition) is 1. The Balaban J connectivity index is 2.37. The Morgan fingerprint density at radius 3 is 1.33 bits per heavy atom. The van der Waals surface area contributed by atoms with Crippen molar-refractivity contribution in [1.82, 2.24) is 5.06 Å². The first-order valence-electron chi connectivity index (χ1n) is 14.2. The summed E-state index contributed by atoms with van der Waals surface area (Å²) in [6.45, 7) is 10.8. The van der Waals surface area contributed by atoms with E-state index in [4.69, 9.17) is 18.5 Å². The summed E-state index contributed by atoms with van der Waals surface area (Å²) in [5, 5.41) is 13.6. The summed E-state index contributed by atoms with van der Waals surface area (Å²) in [6.07, 6.45) is 12.9. The minimum Gasteiger partial charge on any atom is -0.377 e. The van der Waals surface area contributed by atoms with Crippen LogP contribution in [0.15, 0.2) is 24.3 Å². The van der Waals surface area contributed by atoms with Crippen LogP contribution in [-0.2, 0) is 13.3 Å². The predicted octanol–water partition coefficient (Wildman–Crippen LogP) is 6.62. The van der Waals surface area contributed by atoms with Crippen molar-refractivity contribution in [1.29, 1.82) is 0 Å². The van der Waals surface area contributed by atoms with Crippen LogP contribution in [0.3, 0.4) is 0 Å². The Kier molecular flexibility index (Phi) is 16.2. The van der Waals surface area contributed by atoms with Gasteiger partial charge in [-0.1, -0.05) is 131 Å². The minimum atomic E-state index is -2.47. The third-order valence-electron chi connectivity index (χ3n) is 7.95. The lowest BCUT2D eigenvalue weighted by Crippen LogP contribution is -2.46. The van der Waals surface area contributed by atoms with Gasteiger partial charge in [0.1, 0.15) is 0 Å². The lowest BCUT2D eigenvalue weighted by molar-refractivity contribution is -0.0655. The molecule has 0 fully saturated rings. The fourth-order valence-corrected chi connectivity index (χ4v) is 12.1. The largest absolute Gasteiger partial charge is 0.500 e. The van der Waals surface area contributed by atoms with Crippen molar-refractivity contribution < 1.29 is 18.5 Å². The van der Waals surface area contributed by atoms with Crippen molar-refractivity contribution >= 4 is 35.3 Å². The number of benzene rings is 1. The number of rotatable bonds is 21. The van der Waals surface area contributed by atoms with Crippen LogP contribution in [0.25, 0.3) is 0 Å². The fourth-order valence-electron chi connectivity index (χ4n) is 5.11. The Morgan fingerprint density at radius 2 is 0.944 bits per heavy atom. The van der Waals surface area contributed by atoms with E-state index in [1.807, 2.05) is 0 Å². The smallest absolute Gasteiger partial charge is 0.377 e. The van der Waals surface area contributed by atoms with E-state index in [9.17, 15) is 0 Å². The van der Waals surface area contributed by atoms with Crippen LogP contribution in [0.4, 0.5) is 0 Å². The maximum absolute atomic E-state index is 9.15. The zero-order chi connectivity index (χ0) is 27.1. The van der Waals surface area contributed by atoms with Gasteiger partial charge in [0, 0.05) is 41.0 Å². The van der Waals surface area contributed by atoms with E-state index in [1.54, 1.807) is 38.8 Å². The summed E-state index contributed by atoms with van der Waals surface area (Å²) in [5.74, 6) is 0. The standard InChI is InChI=1S/C28H57NO4Si3/c1-29(30)23-16-14-12-10-9-11-13-15-17-24-34(5,6)27-19-21-28(22-20-27)35(7,8)25-18-26-36(31-2,32-3)33-4/h19-22,30H,9-18,23-26H2,1-8H3. The van der Waals surface area contributed by atoms with Crippen molar-refractivity contribution in [3.63, 3.8) is 0 Å². The van der Waals surface area contributed by atoms with Gasteiger partial charge in [0.15, 0.2) is 0 Å². The summed E-state index contributed by atoms with van der Waals surface area (Å²) in [5.41, 5.74) is 0. The quantitative estimate of drug-likeness (QED) is 0.105. The Bertz CT molecular complexity index is 686. The van der Waals surface area contributed by atoms with E-state index < -0.39 is 25.0 Å². The maximum atomic E-state index is 9.15. The van der Waals surface area contributed by atoms with Gasteiger partial charge in [0.05, 0.1) is 16.1 Å². The first-order chi connectivity index (χ1) is 17.0. The van der Waals surface area contributed by atoms with Crippen molar-refractivity contribution in [3.8, 4) is 0 Å². The normalized spacial score (nSPS) is 13.1. The highest BCUT2D eigenvalue weighted by molar-refractivity contribution is 6.91. The molecule has 0 aliphatic heterocycles. The molecule has 0 unspecified atom stereocenters. The van der Waals surface area contributed by atoms with Gasteiger partial charge in [-0.15, -0.1) is 0 Å². The monoisotopic (exact) mass is 555 g/mol. The molecule has 0 amide bonds. The minimum absolute atomic E-state index is 0.794. The molecule has 1 aromatic rings. The highest BCUT2D eigenvalue weighted by Crippen LogP contribution is 2.22. The molecule has 210 valence electrons. The molecule has 0 aliphatic rings. The van der Waals surface area contributed by atoms with Gasteiger partial charge in [0.2, 0.25) is 0 Å².